The molecule has 46 valence electrons. The van der Waals surface area contributed by atoms with Crippen molar-refractivity contribution in [1.82, 2.24) is 0 Å². The molecule has 0 aromatic carbocycles. The van der Waals surface area contributed by atoms with E-state index < -0.39 is 0 Å². The van der Waals surface area contributed by atoms with Gasteiger partial charge in [-0.15, -0.1) is 0 Å². The highest BCUT2D eigenvalue weighted by Gasteiger charge is 2.07. The molecule has 0 unspecified atom stereocenters. The van der Waals surface area contributed by atoms with E-state index in [-0.39, 0.29) is 0 Å². The molecule has 0 radical (unpaired) electrons. The summed E-state index contributed by atoms with van der Waals surface area (Å²) < 4.78 is 5.09. The first-order chi connectivity index (χ1) is 3.93. The first-order valence-electron chi connectivity index (χ1n) is 2.94. The molecule has 1 rings (SSSR count). The van der Waals surface area contributed by atoms with Crippen LogP contribution >= 0.6 is 0 Å². The third-order valence-corrected chi connectivity index (χ3v) is 0.988. The van der Waals surface area contributed by atoms with Gasteiger partial charge in [-0.1, -0.05) is 0 Å². The predicted molar refractivity (Wildman–Crippen MR) is 30.7 cm³/mol. The number of hydrogen-bond donors (Lipinski definition) is 1. The molecule has 0 aromatic heterocycles. The Morgan fingerprint density at radius 1 is 1.88 bits per heavy atom. The fourth-order valence-corrected chi connectivity index (χ4v) is 0.650. The summed E-state index contributed by atoms with van der Waals surface area (Å²) in [6.45, 7) is 4.70. The van der Waals surface area contributed by atoms with Crippen LogP contribution in [0.25, 0.3) is 0 Å². The van der Waals surface area contributed by atoms with Gasteiger partial charge in [0, 0.05) is 0 Å². The summed E-state index contributed by atoms with van der Waals surface area (Å²) in [5.74, 6) is 0. The fourth-order valence-electron chi connectivity index (χ4n) is 0.650. The minimum absolute atomic E-state index is 0.770. The van der Waals surface area contributed by atoms with Gasteiger partial charge in [0.1, 0.15) is 6.61 Å². The Kier molecular flexibility index (Phi) is 1.86. The minimum atomic E-state index is 0.770. The Bertz CT molecular complexity index is 101. The van der Waals surface area contributed by atoms with E-state index in [4.69, 9.17) is 4.74 Å². The number of rotatable bonds is 1. The molecule has 0 amide bonds. The molecule has 3 heteroatoms. The van der Waals surface area contributed by atoms with Crippen molar-refractivity contribution < 1.29 is 10.1 Å². The first kappa shape index (κ1) is 5.56. The Morgan fingerprint density at radius 3 is 3.25 bits per heavy atom. The maximum absolute atomic E-state index is 5.09. The van der Waals surface area contributed by atoms with Gasteiger partial charge in [-0.3, -0.25) is 5.32 Å². The molecule has 0 fully saturated rings. The topological polar surface area (TPSA) is 38.2 Å². The fraction of sp³-hybridized carbons (Fsp3) is 0.800. The third-order valence-electron chi connectivity index (χ3n) is 0.988. The standard InChI is InChI=1S/C5H10N2O/c1-2-6-5-7-3-4-8-5/h2-4H2,1H3,(H,6,7)/p+1. The number of aliphatic imine (C=N–C) groups is 1. The predicted octanol–water partition coefficient (Wildman–Crippen LogP) is -1.04. The summed E-state index contributed by atoms with van der Waals surface area (Å²) in [7, 11) is 0. The summed E-state index contributed by atoms with van der Waals surface area (Å²) in [4.78, 5) is 4.06. The quantitative estimate of drug-likeness (QED) is 0.465. The highest BCUT2D eigenvalue weighted by atomic mass is 16.5. The van der Waals surface area contributed by atoms with E-state index in [9.17, 15) is 0 Å². The van der Waals surface area contributed by atoms with Crippen LogP contribution in [-0.4, -0.2) is 25.7 Å². The van der Waals surface area contributed by atoms with Crippen LogP contribution in [0.1, 0.15) is 6.92 Å². The average Bonchev–Trinajstić information content (AvgIpc) is 2.19. The Labute approximate surface area is 48.8 Å². The minimum Gasteiger partial charge on any atom is -0.435 e. The molecule has 0 atom stereocenters. The van der Waals surface area contributed by atoms with Crippen LogP contribution in [0.15, 0.2) is 4.99 Å². The highest BCUT2D eigenvalue weighted by Crippen LogP contribution is 1.84. The smallest absolute Gasteiger partial charge is 0.390 e. The van der Waals surface area contributed by atoms with Crippen LogP contribution in [0.4, 0.5) is 0 Å². The molecular weight excluding hydrogens is 104 g/mol. The number of nitrogens with two attached hydrogens (primary N) is 1. The van der Waals surface area contributed by atoms with Crippen molar-refractivity contribution >= 4 is 6.02 Å². The molecule has 0 spiro atoms. The van der Waals surface area contributed by atoms with Crippen LogP contribution in [0, 0.1) is 0 Å². The van der Waals surface area contributed by atoms with Gasteiger partial charge in [0.15, 0.2) is 0 Å². The molecular formula is C5H11N2O+. The lowest BCUT2D eigenvalue weighted by Crippen LogP contribution is -2.87. The second-order valence-electron chi connectivity index (χ2n) is 1.68. The van der Waals surface area contributed by atoms with E-state index in [1.165, 1.54) is 0 Å². The number of amidine groups is 1. The maximum atomic E-state index is 5.09. The Morgan fingerprint density at radius 2 is 2.75 bits per heavy atom. The summed E-state index contributed by atoms with van der Waals surface area (Å²) in [5, 5.41) is 1.99. The number of quaternary nitrogens is 1. The second kappa shape index (κ2) is 2.67. The molecule has 0 bridgehead atoms. The van der Waals surface area contributed by atoms with E-state index >= 15 is 0 Å². The van der Waals surface area contributed by atoms with Crippen LogP contribution in [0.5, 0.6) is 0 Å². The van der Waals surface area contributed by atoms with Crippen molar-refractivity contribution in [2.45, 2.75) is 6.92 Å². The normalized spacial score (nSPS) is 17.9. The largest absolute Gasteiger partial charge is 0.435 e. The van der Waals surface area contributed by atoms with Gasteiger partial charge in [-0.2, -0.15) is 4.99 Å². The lowest BCUT2D eigenvalue weighted by atomic mass is 10.7. The van der Waals surface area contributed by atoms with Crippen LogP contribution < -0.4 is 5.32 Å². The van der Waals surface area contributed by atoms with E-state index in [0.29, 0.717) is 0 Å². The lowest BCUT2D eigenvalue weighted by Gasteiger charge is -1.92. The number of hydrogen-bond acceptors (Lipinski definition) is 2. The molecule has 0 aliphatic carbocycles. The summed E-state index contributed by atoms with van der Waals surface area (Å²) in [6, 6.07) is 0.826. The molecule has 0 saturated carbocycles. The van der Waals surface area contributed by atoms with E-state index in [1.807, 2.05) is 5.32 Å². The molecule has 1 aliphatic rings. The lowest BCUT2D eigenvalue weighted by molar-refractivity contribution is -0.551. The van der Waals surface area contributed by atoms with Gasteiger partial charge >= 0.3 is 6.02 Å². The van der Waals surface area contributed by atoms with Crippen LogP contribution in [0.3, 0.4) is 0 Å². The highest BCUT2D eigenvalue weighted by molar-refractivity contribution is 5.63. The molecule has 2 N–H and O–H groups in total. The second-order valence-corrected chi connectivity index (χ2v) is 1.68. The Balaban J connectivity index is 2.23. The van der Waals surface area contributed by atoms with Crippen molar-refractivity contribution in [3.63, 3.8) is 0 Å². The van der Waals surface area contributed by atoms with Crippen molar-refractivity contribution in [2.24, 2.45) is 4.99 Å². The van der Waals surface area contributed by atoms with Crippen LogP contribution in [-0.2, 0) is 4.74 Å². The van der Waals surface area contributed by atoms with Gasteiger partial charge in [-0.05, 0) is 6.92 Å². The summed E-state index contributed by atoms with van der Waals surface area (Å²) in [6.07, 6.45) is 0. The zero-order valence-electron chi connectivity index (χ0n) is 5.05. The zero-order valence-corrected chi connectivity index (χ0v) is 5.05. The molecule has 1 aliphatic heterocycles. The molecule has 0 saturated heterocycles. The summed E-state index contributed by atoms with van der Waals surface area (Å²) >= 11 is 0. The van der Waals surface area contributed by atoms with Gasteiger partial charge in [0.25, 0.3) is 0 Å². The van der Waals surface area contributed by atoms with Crippen molar-refractivity contribution in [3.05, 3.63) is 0 Å². The number of ether oxygens (including phenoxy) is 1. The maximum Gasteiger partial charge on any atom is 0.390 e. The van der Waals surface area contributed by atoms with Gasteiger partial charge in [-0.25, -0.2) is 0 Å². The monoisotopic (exact) mass is 115 g/mol. The SMILES string of the molecule is CC[NH2+]C1=NCCO1. The Hall–Kier alpha value is -0.570. The summed E-state index contributed by atoms with van der Waals surface area (Å²) in [5.41, 5.74) is 0. The van der Waals surface area contributed by atoms with E-state index in [2.05, 4.69) is 11.9 Å². The third kappa shape index (κ3) is 1.20. The van der Waals surface area contributed by atoms with Crippen molar-refractivity contribution in [1.29, 1.82) is 0 Å². The average molecular weight is 115 g/mol. The zero-order chi connectivity index (χ0) is 5.82. The van der Waals surface area contributed by atoms with E-state index in [0.717, 1.165) is 25.7 Å². The molecule has 1 heterocycles. The first-order valence-corrected chi connectivity index (χ1v) is 2.94. The molecule has 3 nitrogen and oxygen atoms in total. The van der Waals surface area contributed by atoms with Gasteiger partial charge in [0.05, 0.1) is 13.1 Å². The van der Waals surface area contributed by atoms with E-state index in [1.54, 1.807) is 0 Å². The van der Waals surface area contributed by atoms with Crippen molar-refractivity contribution in [2.75, 3.05) is 19.7 Å². The number of nitrogens with zero attached hydrogens (tertiary/aromatic N) is 1. The van der Waals surface area contributed by atoms with Crippen molar-refractivity contribution in [3.8, 4) is 0 Å². The molecule has 8 heavy (non-hydrogen) atoms. The van der Waals surface area contributed by atoms with Gasteiger partial charge in [0.2, 0.25) is 0 Å². The van der Waals surface area contributed by atoms with Gasteiger partial charge < -0.3 is 4.74 Å². The molecule has 0 aromatic rings. The van der Waals surface area contributed by atoms with Crippen LogP contribution in [0.2, 0.25) is 0 Å².